The first-order valence-electron chi connectivity index (χ1n) is 7.72. The molecule has 0 aliphatic rings. The number of methoxy groups -OCH3 is 1. The average Bonchev–Trinajstić information content (AvgIpc) is 2.52. The van der Waals surface area contributed by atoms with Gasteiger partial charge < -0.3 is 15.0 Å². The lowest BCUT2D eigenvalue weighted by molar-refractivity contribution is -0.116. The Morgan fingerprint density at radius 2 is 1.80 bits per heavy atom. The van der Waals surface area contributed by atoms with Gasteiger partial charge in [0.15, 0.2) is 0 Å². The van der Waals surface area contributed by atoms with Gasteiger partial charge >= 0.3 is 5.97 Å². The number of carbonyl (C=O) groups excluding carboxylic acids is 2. The molecule has 0 saturated heterocycles. The van der Waals surface area contributed by atoms with Crippen LogP contribution in [0, 0.1) is 0 Å². The summed E-state index contributed by atoms with van der Waals surface area (Å²) in [6.45, 7) is 0.629. The van der Waals surface area contributed by atoms with Crippen LogP contribution < -0.4 is 5.32 Å². The van der Waals surface area contributed by atoms with Crippen LogP contribution in [-0.4, -0.2) is 76.6 Å². The van der Waals surface area contributed by atoms with Gasteiger partial charge in [-0.1, -0.05) is 12.1 Å². The lowest BCUT2D eigenvalue weighted by atomic mass is 10.2. The summed E-state index contributed by atoms with van der Waals surface area (Å²) >= 11 is 0. The van der Waals surface area contributed by atoms with Gasteiger partial charge in [-0.05, 0) is 39.2 Å². The first-order valence-corrected chi connectivity index (χ1v) is 9.57. The first-order chi connectivity index (χ1) is 11.6. The zero-order valence-electron chi connectivity index (χ0n) is 15.0. The minimum atomic E-state index is -3.52. The van der Waals surface area contributed by atoms with Crippen molar-refractivity contribution in [1.29, 1.82) is 0 Å². The first kappa shape index (κ1) is 21.1. The largest absolute Gasteiger partial charge is 0.465 e. The monoisotopic (exact) mass is 371 g/mol. The van der Waals surface area contributed by atoms with Crippen molar-refractivity contribution in [2.75, 3.05) is 52.4 Å². The van der Waals surface area contributed by atoms with E-state index >= 15 is 0 Å². The minimum absolute atomic E-state index is 0.205. The molecule has 9 heteroatoms. The van der Waals surface area contributed by atoms with E-state index in [0.717, 1.165) is 10.6 Å². The van der Waals surface area contributed by atoms with E-state index < -0.39 is 21.9 Å². The third kappa shape index (κ3) is 7.20. The minimum Gasteiger partial charge on any atom is -0.465 e. The van der Waals surface area contributed by atoms with Gasteiger partial charge in [0.25, 0.3) is 0 Å². The maximum Gasteiger partial charge on any atom is 0.339 e. The summed E-state index contributed by atoms with van der Waals surface area (Å²) < 4.78 is 29.5. The zero-order valence-corrected chi connectivity index (χ0v) is 15.8. The molecule has 140 valence electrons. The van der Waals surface area contributed by atoms with E-state index in [2.05, 4.69) is 10.1 Å². The van der Waals surface area contributed by atoms with Gasteiger partial charge in [-0.25, -0.2) is 13.2 Å². The number of para-hydroxylation sites is 1. The number of carbonyl (C=O) groups is 2. The number of hydrogen-bond acceptors (Lipinski definition) is 6. The quantitative estimate of drug-likeness (QED) is 0.640. The highest BCUT2D eigenvalue weighted by atomic mass is 32.2. The van der Waals surface area contributed by atoms with Crippen LogP contribution in [0.1, 0.15) is 16.8 Å². The molecular formula is C16H25N3O5S. The molecule has 1 aromatic carbocycles. The van der Waals surface area contributed by atoms with Crippen molar-refractivity contribution in [2.45, 2.75) is 6.42 Å². The number of sulfonamides is 1. The highest BCUT2D eigenvalue weighted by Gasteiger charge is 2.21. The lowest BCUT2D eigenvalue weighted by Gasteiger charge is -2.20. The molecule has 0 fully saturated rings. The molecule has 0 radical (unpaired) electrons. The number of esters is 1. The highest BCUT2D eigenvalue weighted by Crippen LogP contribution is 2.16. The molecule has 0 atom stereocenters. The number of rotatable bonds is 9. The number of amides is 1. The second kappa shape index (κ2) is 9.50. The molecular weight excluding hydrogens is 346 g/mol. The van der Waals surface area contributed by atoms with E-state index in [0.29, 0.717) is 13.0 Å². The lowest BCUT2D eigenvalue weighted by Crippen LogP contribution is -2.39. The maximum absolute atomic E-state index is 12.2. The van der Waals surface area contributed by atoms with Crippen molar-refractivity contribution >= 4 is 27.6 Å². The molecule has 25 heavy (non-hydrogen) atoms. The predicted molar refractivity (Wildman–Crippen MR) is 96.0 cm³/mol. The molecule has 0 aliphatic carbocycles. The van der Waals surface area contributed by atoms with Gasteiger partial charge in [0, 0.05) is 6.54 Å². The van der Waals surface area contributed by atoms with Crippen LogP contribution in [0.4, 0.5) is 5.69 Å². The third-order valence-electron chi connectivity index (χ3n) is 3.41. The molecule has 0 heterocycles. The second-order valence-corrected chi connectivity index (χ2v) is 7.82. The number of nitrogens with one attached hydrogen (secondary N) is 1. The molecule has 0 saturated carbocycles. The van der Waals surface area contributed by atoms with Crippen molar-refractivity contribution in [3.05, 3.63) is 29.8 Å². The summed E-state index contributed by atoms with van der Waals surface area (Å²) in [5.41, 5.74) is 0.484. The summed E-state index contributed by atoms with van der Waals surface area (Å²) in [4.78, 5) is 25.9. The Morgan fingerprint density at radius 1 is 1.16 bits per heavy atom. The summed E-state index contributed by atoms with van der Waals surface area (Å²) in [7, 11) is 1.51. The highest BCUT2D eigenvalue weighted by molar-refractivity contribution is 7.88. The van der Waals surface area contributed by atoms with Crippen LogP contribution in [0.25, 0.3) is 0 Å². The number of nitrogens with zero attached hydrogens (tertiary/aromatic N) is 2. The standard InChI is InChI=1S/C16H25N3O5S/c1-18(2)10-7-11-19(25(4,22)23)12-15(20)17-14-9-6-5-8-13(14)16(21)24-3/h5-6,8-9H,7,10-12H2,1-4H3,(H,17,20). The van der Waals surface area contributed by atoms with Crippen molar-refractivity contribution in [3.8, 4) is 0 Å². The number of hydrogen-bond donors (Lipinski definition) is 1. The number of benzene rings is 1. The van der Waals surface area contributed by atoms with Crippen LogP contribution in [0.3, 0.4) is 0 Å². The van der Waals surface area contributed by atoms with E-state index in [1.165, 1.54) is 13.2 Å². The molecule has 1 amide bonds. The molecule has 8 nitrogen and oxygen atoms in total. The van der Waals surface area contributed by atoms with E-state index in [4.69, 9.17) is 0 Å². The van der Waals surface area contributed by atoms with Crippen molar-refractivity contribution in [3.63, 3.8) is 0 Å². The molecule has 0 spiro atoms. The van der Waals surface area contributed by atoms with Crippen LogP contribution >= 0.6 is 0 Å². The van der Waals surface area contributed by atoms with Crippen LogP contribution in [-0.2, 0) is 19.6 Å². The zero-order chi connectivity index (χ0) is 19.0. The molecule has 1 rings (SSSR count). The molecule has 0 unspecified atom stereocenters. The Morgan fingerprint density at radius 3 is 2.36 bits per heavy atom. The molecule has 1 N–H and O–H groups in total. The molecule has 1 aromatic rings. The van der Waals surface area contributed by atoms with Gasteiger partial charge in [-0.3, -0.25) is 4.79 Å². The van der Waals surface area contributed by atoms with Crippen molar-refractivity contribution in [2.24, 2.45) is 0 Å². The van der Waals surface area contributed by atoms with Gasteiger partial charge in [-0.15, -0.1) is 0 Å². The molecule has 0 aliphatic heterocycles. The molecule has 0 aromatic heterocycles. The summed E-state index contributed by atoms with van der Waals surface area (Å²) in [5, 5.41) is 2.57. The Kier molecular flexibility index (Phi) is 8.01. The Balaban J connectivity index is 2.80. The summed E-state index contributed by atoms with van der Waals surface area (Å²) in [6, 6.07) is 6.38. The SMILES string of the molecule is COC(=O)c1ccccc1NC(=O)CN(CCCN(C)C)S(C)(=O)=O. The van der Waals surface area contributed by atoms with Crippen molar-refractivity contribution in [1.82, 2.24) is 9.21 Å². The van der Waals surface area contributed by atoms with E-state index in [9.17, 15) is 18.0 Å². The van der Waals surface area contributed by atoms with Crippen molar-refractivity contribution < 1.29 is 22.7 Å². The fourth-order valence-corrected chi connectivity index (χ4v) is 2.97. The summed E-state index contributed by atoms with van der Waals surface area (Å²) in [5.74, 6) is -1.10. The Labute approximate surface area is 148 Å². The fourth-order valence-electron chi connectivity index (χ4n) is 2.16. The fraction of sp³-hybridized carbons (Fsp3) is 0.500. The van der Waals surface area contributed by atoms with E-state index in [1.807, 2.05) is 19.0 Å². The van der Waals surface area contributed by atoms with Gasteiger partial charge in [-0.2, -0.15) is 4.31 Å². The van der Waals surface area contributed by atoms with Crippen LogP contribution in [0.15, 0.2) is 24.3 Å². The second-order valence-electron chi connectivity index (χ2n) is 5.84. The summed E-state index contributed by atoms with van der Waals surface area (Å²) in [6.07, 6.45) is 1.67. The predicted octanol–water partition coefficient (Wildman–Crippen LogP) is 0.625. The molecule has 0 bridgehead atoms. The third-order valence-corrected chi connectivity index (χ3v) is 4.66. The Hall–Kier alpha value is -1.97. The Bertz CT molecular complexity index is 703. The number of anilines is 1. The average molecular weight is 371 g/mol. The maximum atomic E-state index is 12.2. The van der Waals surface area contributed by atoms with Crippen LogP contribution in [0.2, 0.25) is 0 Å². The topological polar surface area (TPSA) is 96.0 Å². The van der Waals surface area contributed by atoms with Gasteiger partial charge in [0.1, 0.15) is 0 Å². The smallest absolute Gasteiger partial charge is 0.339 e. The van der Waals surface area contributed by atoms with Gasteiger partial charge in [0.2, 0.25) is 15.9 Å². The number of ether oxygens (including phenoxy) is 1. The van der Waals surface area contributed by atoms with Crippen LogP contribution in [0.5, 0.6) is 0 Å². The normalized spacial score (nSPS) is 11.6. The van der Waals surface area contributed by atoms with Gasteiger partial charge in [0.05, 0.1) is 31.2 Å². The van der Waals surface area contributed by atoms with E-state index in [-0.39, 0.29) is 24.3 Å². The van der Waals surface area contributed by atoms with E-state index in [1.54, 1.807) is 18.2 Å².